The van der Waals surface area contributed by atoms with Crippen LogP contribution in [0.4, 0.5) is 0 Å². The molecule has 2 heteroatoms. The van der Waals surface area contributed by atoms with E-state index in [0.29, 0.717) is 0 Å². The lowest BCUT2D eigenvalue weighted by atomic mass is 9.90. The van der Waals surface area contributed by atoms with E-state index in [1.807, 2.05) is 0 Å². The van der Waals surface area contributed by atoms with E-state index >= 15 is 0 Å². The number of fused-ring (bicyclic) bond motifs is 3. The van der Waals surface area contributed by atoms with E-state index in [-0.39, 0.29) is 44.6 Å². The third-order valence-electron chi connectivity index (χ3n) is 5.53. The Morgan fingerprint density at radius 2 is 0.571 bits per heavy atom. The van der Waals surface area contributed by atoms with E-state index in [1.54, 1.807) is 0 Å². The van der Waals surface area contributed by atoms with Crippen LogP contribution in [0, 0.1) is 55.4 Å². The van der Waals surface area contributed by atoms with Crippen LogP contribution in [0.3, 0.4) is 0 Å². The molecule has 0 aliphatic heterocycles. The summed E-state index contributed by atoms with van der Waals surface area (Å²) in [6.45, 7) is 17.4. The molecule has 28 heavy (non-hydrogen) atoms. The molecule has 0 atom stereocenters. The number of aromatic nitrogens is 2. The zero-order valence-electron chi connectivity index (χ0n) is 14.9. The number of pyridine rings is 2. The highest BCUT2D eigenvalue weighted by Crippen LogP contribution is 2.36. The molecule has 1 aromatic carbocycles. The van der Waals surface area contributed by atoms with Crippen molar-refractivity contribution < 1.29 is 0 Å². The minimum absolute atomic E-state index is 0. The first kappa shape index (κ1) is 33.6. The SMILES string of the molecule is C.C.C.C.C.C.Cc1nc2c(c(C)c1C)c(C)c(C)c1c(C)c(C)c(C)nc12. The molecule has 0 radical (unpaired) electrons. The molecule has 0 unspecified atom stereocenters. The minimum Gasteiger partial charge on any atom is -0.251 e. The molecule has 0 fully saturated rings. The molecule has 3 rings (SSSR count). The Morgan fingerprint density at radius 1 is 0.357 bits per heavy atom. The first-order chi connectivity index (χ1) is 10.3. The van der Waals surface area contributed by atoms with Gasteiger partial charge in [0.05, 0.1) is 11.0 Å². The molecule has 0 saturated heterocycles. The molecule has 162 valence electrons. The highest BCUT2D eigenvalue weighted by atomic mass is 14.8. The van der Waals surface area contributed by atoms with Crippen molar-refractivity contribution >= 4 is 21.8 Å². The van der Waals surface area contributed by atoms with Gasteiger partial charge in [0.15, 0.2) is 0 Å². The predicted molar refractivity (Wildman–Crippen MR) is 135 cm³/mol. The van der Waals surface area contributed by atoms with Crippen molar-refractivity contribution in [3.05, 3.63) is 44.8 Å². The van der Waals surface area contributed by atoms with Crippen molar-refractivity contribution in [2.24, 2.45) is 0 Å². The summed E-state index contributed by atoms with van der Waals surface area (Å²) >= 11 is 0. The average molecular weight is 389 g/mol. The van der Waals surface area contributed by atoms with Crippen LogP contribution in [-0.2, 0) is 0 Å². The van der Waals surface area contributed by atoms with Crippen molar-refractivity contribution in [3.8, 4) is 0 Å². The molecular weight excluding hydrogens is 340 g/mol. The Bertz CT molecular complexity index is 872. The number of hydrogen-bond donors (Lipinski definition) is 0. The smallest absolute Gasteiger partial charge is 0.0973 e. The Hall–Kier alpha value is -1.96. The highest BCUT2D eigenvalue weighted by Gasteiger charge is 2.18. The Labute approximate surface area is 176 Å². The number of hydrogen-bond acceptors (Lipinski definition) is 2. The monoisotopic (exact) mass is 388 g/mol. The minimum atomic E-state index is 0. The second kappa shape index (κ2) is 11.1. The predicted octanol–water partition coefficient (Wildman–Crippen LogP) is 9.07. The van der Waals surface area contributed by atoms with Gasteiger partial charge < -0.3 is 0 Å². The summed E-state index contributed by atoms with van der Waals surface area (Å²) in [6, 6.07) is 0. The first-order valence-corrected chi connectivity index (χ1v) is 7.89. The number of nitrogens with zero attached hydrogens (tertiary/aromatic N) is 2. The van der Waals surface area contributed by atoms with Gasteiger partial charge in [0, 0.05) is 22.2 Å². The van der Waals surface area contributed by atoms with Crippen LogP contribution in [0.15, 0.2) is 0 Å². The summed E-state index contributed by atoms with van der Waals surface area (Å²) in [4.78, 5) is 9.83. The summed E-state index contributed by atoms with van der Waals surface area (Å²) in [5.74, 6) is 0. The van der Waals surface area contributed by atoms with Gasteiger partial charge in [-0.2, -0.15) is 0 Å². The summed E-state index contributed by atoms with van der Waals surface area (Å²) in [6.07, 6.45) is 0. The van der Waals surface area contributed by atoms with Crippen LogP contribution in [0.1, 0.15) is 89.3 Å². The Kier molecular flexibility index (Phi) is 13.4. The van der Waals surface area contributed by atoms with Gasteiger partial charge >= 0.3 is 0 Å². The fourth-order valence-corrected chi connectivity index (χ4v) is 3.52. The van der Waals surface area contributed by atoms with Crippen molar-refractivity contribution in [1.82, 2.24) is 9.97 Å². The Morgan fingerprint density at radius 3 is 0.821 bits per heavy atom. The molecule has 0 amide bonds. The molecule has 0 spiro atoms. The van der Waals surface area contributed by atoms with Crippen LogP contribution in [0.25, 0.3) is 21.8 Å². The molecule has 0 saturated carbocycles. The molecule has 0 bridgehead atoms. The third kappa shape index (κ3) is 4.37. The lowest BCUT2D eigenvalue weighted by molar-refractivity contribution is 1.14. The first-order valence-electron chi connectivity index (χ1n) is 7.89. The molecule has 0 aliphatic carbocycles. The highest BCUT2D eigenvalue weighted by molar-refractivity contribution is 6.09. The molecule has 0 aliphatic rings. The molecule has 0 N–H and O–H groups in total. The summed E-state index contributed by atoms with van der Waals surface area (Å²) in [5.41, 5.74) is 12.2. The average Bonchev–Trinajstić information content (AvgIpc) is 2.47. The maximum Gasteiger partial charge on any atom is 0.0973 e. The van der Waals surface area contributed by atoms with Crippen LogP contribution in [0.2, 0.25) is 0 Å². The van der Waals surface area contributed by atoms with E-state index in [9.17, 15) is 0 Å². The molecule has 3 aromatic rings. The lowest BCUT2D eigenvalue weighted by Crippen LogP contribution is -2.03. The number of aryl methyl sites for hydroxylation is 6. The van der Waals surface area contributed by atoms with Gasteiger partial charge in [0.1, 0.15) is 0 Å². The van der Waals surface area contributed by atoms with Crippen molar-refractivity contribution in [2.45, 2.75) is 99.9 Å². The van der Waals surface area contributed by atoms with Crippen LogP contribution in [-0.4, -0.2) is 9.97 Å². The van der Waals surface area contributed by atoms with Crippen molar-refractivity contribution in [2.75, 3.05) is 0 Å². The largest absolute Gasteiger partial charge is 0.251 e. The Balaban J connectivity index is -0.000000480. The quantitative estimate of drug-likeness (QED) is 0.359. The third-order valence-corrected chi connectivity index (χ3v) is 5.53. The summed E-state index contributed by atoms with van der Waals surface area (Å²) in [7, 11) is 0. The lowest BCUT2D eigenvalue weighted by Gasteiger charge is -2.18. The van der Waals surface area contributed by atoms with Crippen LogP contribution in [0.5, 0.6) is 0 Å². The number of benzene rings is 1. The fraction of sp³-hybridized carbons (Fsp3) is 0.538. The van der Waals surface area contributed by atoms with Gasteiger partial charge in [-0.3, -0.25) is 9.97 Å². The molecule has 2 nitrogen and oxygen atoms in total. The standard InChI is InChI=1S/C20H24N2.6CH4/c1-9-11(3)17-13(5)14(6)18-12(4)10(2)16(8)22-20(18)19(17)21-15(9)7;;;;;;/h1-8H3;6*1H4. The number of rotatable bonds is 0. The van der Waals surface area contributed by atoms with E-state index in [2.05, 4.69) is 55.4 Å². The van der Waals surface area contributed by atoms with Gasteiger partial charge in [-0.15, -0.1) is 0 Å². The summed E-state index contributed by atoms with van der Waals surface area (Å²) < 4.78 is 0. The normalized spacial score (nSPS) is 9.14. The van der Waals surface area contributed by atoms with E-state index in [1.165, 1.54) is 44.2 Å². The zero-order valence-corrected chi connectivity index (χ0v) is 14.9. The van der Waals surface area contributed by atoms with E-state index in [4.69, 9.17) is 9.97 Å². The fourth-order valence-electron chi connectivity index (χ4n) is 3.52. The zero-order chi connectivity index (χ0) is 16.3. The van der Waals surface area contributed by atoms with Gasteiger partial charge in [-0.05, 0) is 88.8 Å². The van der Waals surface area contributed by atoms with Crippen molar-refractivity contribution in [3.63, 3.8) is 0 Å². The maximum absolute atomic E-state index is 4.92. The molecule has 2 heterocycles. The maximum atomic E-state index is 4.92. The van der Waals surface area contributed by atoms with Gasteiger partial charge in [-0.25, -0.2) is 0 Å². The van der Waals surface area contributed by atoms with Crippen molar-refractivity contribution in [1.29, 1.82) is 0 Å². The molecule has 2 aromatic heterocycles. The van der Waals surface area contributed by atoms with E-state index in [0.717, 1.165) is 22.4 Å². The van der Waals surface area contributed by atoms with Gasteiger partial charge in [-0.1, -0.05) is 44.6 Å². The second-order valence-electron chi connectivity index (χ2n) is 6.59. The van der Waals surface area contributed by atoms with E-state index < -0.39 is 0 Å². The topological polar surface area (TPSA) is 25.8 Å². The van der Waals surface area contributed by atoms with Gasteiger partial charge in [0.25, 0.3) is 0 Å². The summed E-state index contributed by atoms with van der Waals surface area (Å²) in [5, 5.41) is 2.56. The van der Waals surface area contributed by atoms with Crippen LogP contribution >= 0.6 is 0 Å². The van der Waals surface area contributed by atoms with Gasteiger partial charge in [0.2, 0.25) is 0 Å². The molecular formula is C26H48N2. The second-order valence-corrected chi connectivity index (χ2v) is 6.59. The van der Waals surface area contributed by atoms with Crippen LogP contribution < -0.4 is 0 Å².